The van der Waals surface area contributed by atoms with Gasteiger partial charge in [-0.15, -0.1) is 0 Å². The number of hydrogen-bond acceptors (Lipinski definition) is 4. The normalized spacial score (nSPS) is 21.2. The molecule has 1 aromatic carbocycles. The Kier molecular flexibility index (Phi) is 3.71. The number of nitrogens with two attached hydrogens (primary N) is 1. The van der Waals surface area contributed by atoms with E-state index in [9.17, 15) is 13.2 Å². The number of nitrogens with one attached hydrogen (secondary N) is 1. The average molecular weight is 304 g/mol. The van der Waals surface area contributed by atoms with Crippen LogP contribution in [0.4, 0.5) is 5.69 Å². The molecule has 1 aromatic rings. The molecule has 1 amide bonds. The molecule has 1 heterocycles. The Morgan fingerprint density at radius 3 is 2.79 bits per heavy atom. The van der Waals surface area contributed by atoms with E-state index in [2.05, 4.69) is 5.32 Å². The summed E-state index contributed by atoms with van der Waals surface area (Å²) in [5, 5.41) is 2.79. The predicted molar refractivity (Wildman–Crippen MR) is 72.2 cm³/mol. The van der Waals surface area contributed by atoms with Crippen molar-refractivity contribution >= 4 is 33.2 Å². The fraction of sp³-hybridized carbons (Fsp3) is 0.364. The molecule has 19 heavy (non-hydrogen) atoms. The highest BCUT2D eigenvalue weighted by atomic mass is 35.5. The summed E-state index contributed by atoms with van der Waals surface area (Å²) in [5.74, 6) is -0.309. The maximum atomic E-state index is 12.5. The van der Waals surface area contributed by atoms with Crippen molar-refractivity contribution < 1.29 is 13.2 Å². The molecule has 8 heteroatoms. The molecule has 0 bridgehead atoms. The third-order valence-corrected chi connectivity index (χ3v) is 5.31. The van der Waals surface area contributed by atoms with Crippen LogP contribution in [0.1, 0.15) is 6.92 Å². The molecule has 0 aliphatic carbocycles. The standard InChI is InChI=1S/C11H14ClN3O3S/c1-7-11(16)14-4-5-15(7)19(17,18)8-2-3-10(13)9(12)6-8/h2-3,6-7H,4-5,13H2,1H3,(H,14,16). The van der Waals surface area contributed by atoms with Crippen molar-refractivity contribution in [3.63, 3.8) is 0 Å². The Labute approximate surface area is 116 Å². The van der Waals surface area contributed by atoms with E-state index in [1.807, 2.05) is 0 Å². The van der Waals surface area contributed by atoms with E-state index in [0.29, 0.717) is 12.2 Å². The fourth-order valence-corrected chi connectivity index (χ4v) is 3.76. The Morgan fingerprint density at radius 2 is 2.16 bits per heavy atom. The van der Waals surface area contributed by atoms with E-state index >= 15 is 0 Å². The van der Waals surface area contributed by atoms with Crippen LogP contribution >= 0.6 is 11.6 Å². The first kappa shape index (κ1) is 14.1. The molecule has 1 aliphatic rings. The van der Waals surface area contributed by atoms with Gasteiger partial charge in [-0.1, -0.05) is 11.6 Å². The van der Waals surface area contributed by atoms with Gasteiger partial charge >= 0.3 is 0 Å². The molecule has 6 nitrogen and oxygen atoms in total. The largest absolute Gasteiger partial charge is 0.398 e. The first-order valence-corrected chi connectivity index (χ1v) is 7.50. The van der Waals surface area contributed by atoms with Gasteiger partial charge in [-0.2, -0.15) is 4.31 Å². The summed E-state index contributed by atoms with van der Waals surface area (Å²) in [6.07, 6.45) is 0. The summed E-state index contributed by atoms with van der Waals surface area (Å²) in [6, 6.07) is 3.38. The summed E-state index contributed by atoms with van der Waals surface area (Å²) < 4.78 is 26.1. The van der Waals surface area contributed by atoms with Crippen LogP contribution in [0.25, 0.3) is 0 Å². The molecular weight excluding hydrogens is 290 g/mol. The van der Waals surface area contributed by atoms with Gasteiger partial charge in [0.2, 0.25) is 15.9 Å². The van der Waals surface area contributed by atoms with Gasteiger partial charge in [0, 0.05) is 13.1 Å². The van der Waals surface area contributed by atoms with Crippen LogP contribution in [-0.4, -0.2) is 37.8 Å². The van der Waals surface area contributed by atoms with Gasteiger partial charge in [-0.3, -0.25) is 4.79 Å². The SMILES string of the molecule is CC1C(=O)NCCN1S(=O)(=O)c1ccc(N)c(Cl)c1. The molecule has 0 spiro atoms. The summed E-state index contributed by atoms with van der Waals surface area (Å²) in [5.41, 5.74) is 5.87. The van der Waals surface area contributed by atoms with Crippen LogP contribution in [0, 0.1) is 0 Å². The van der Waals surface area contributed by atoms with Crippen molar-refractivity contribution in [2.24, 2.45) is 0 Å². The van der Waals surface area contributed by atoms with Crippen LogP contribution in [0.5, 0.6) is 0 Å². The second-order valence-electron chi connectivity index (χ2n) is 4.27. The summed E-state index contributed by atoms with van der Waals surface area (Å²) in [7, 11) is -3.75. The van der Waals surface area contributed by atoms with Gasteiger partial charge in [0.05, 0.1) is 15.6 Å². The first-order chi connectivity index (χ1) is 8.84. The number of piperazine rings is 1. The van der Waals surface area contributed by atoms with E-state index in [0.717, 1.165) is 4.31 Å². The highest BCUT2D eigenvalue weighted by molar-refractivity contribution is 7.89. The zero-order chi connectivity index (χ0) is 14.2. The van der Waals surface area contributed by atoms with Gasteiger partial charge in [-0.25, -0.2) is 8.42 Å². The van der Waals surface area contributed by atoms with Gasteiger partial charge in [-0.05, 0) is 25.1 Å². The minimum Gasteiger partial charge on any atom is -0.398 e. The zero-order valence-corrected chi connectivity index (χ0v) is 11.8. The van der Waals surface area contributed by atoms with Crippen molar-refractivity contribution in [1.82, 2.24) is 9.62 Å². The fourth-order valence-electron chi connectivity index (χ4n) is 1.89. The number of halogens is 1. The van der Waals surface area contributed by atoms with Gasteiger partial charge in [0.25, 0.3) is 0 Å². The number of carbonyl (C=O) groups is 1. The molecule has 0 aromatic heterocycles. The average Bonchev–Trinajstić information content (AvgIpc) is 2.35. The molecule has 3 N–H and O–H groups in total. The third-order valence-electron chi connectivity index (χ3n) is 3.02. The molecule has 1 atom stereocenters. The smallest absolute Gasteiger partial charge is 0.243 e. The lowest BCUT2D eigenvalue weighted by Crippen LogP contribution is -2.55. The molecule has 0 radical (unpaired) electrons. The number of nitrogens with zero attached hydrogens (tertiary/aromatic N) is 1. The lowest BCUT2D eigenvalue weighted by atomic mass is 10.2. The van der Waals surface area contributed by atoms with E-state index in [4.69, 9.17) is 17.3 Å². The van der Waals surface area contributed by atoms with Crippen molar-refractivity contribution in [1.29, 1.82) is 0 Å². The van der Waals surface area contributed by atoms with E-state index < -0.39 is 16.1 Å². The quantitative estimate of drug-likeness (QED) is 0.775. The van der Waals surface area contributed by atoms with Crippen molar-refractivity contribution in [3.8, 4) is 0 Å². The van der Waals surface area contributed by atoms with Crippen LogP contribution in [-0.2, 0) is 14.8 Å². The molecule has 1 unspecified atom stereocenters. The van der Waals surface area contributed by atoms with Gasteiger partial charge in [0.1, 0.15) is 6.04 Å². The second kappa shape index (κ2) is 4.99. The number of benzene rings is 1. The maximum absolute atomic E-state index is 12.5. The second-order valence-corrected chi connectivity index (χ2v) is 6.56. The maximum Gasteiger partial charge on any atom is 0.243 e. The molecule has 104 valence electrons. The topological polar surface area (TPSA) is 92.5 Å². The number of anilines is 1. The predicted octanol–water partition coefficient (Wildman–Crippen LogP) is 0.431. The van der Waals surface area contributed by atoms with E-state index in [1.54, 1.807) is 6.92 Å². The number of rotatable bonds is 2. The highest BCUT2D eigenvalue weighted by Gasteiger charge is 2.35. The summed E-state index contributed by atoms with van der Waals surface area (Å²) in [4.78, 5) is 11.6. The molecule has 1 saturated heterocycles. The zero-order valence-electron chi connectivity index (χ0n) is 10.3. The molecule has 1 aliphatic heterocycles. The number of hydrogen-bond donors (Lipinski definition) is 2. The highest BCUT2D eigenvalue weighted by Crippen LogP contribution is 2.26. The molecule has 2 rings (SSSR count). The third kappa shape index (κ3) is 2.54. The summed E-state index contributed by atoms with van der Waals surface area (Å²) >= 11 is 5.84. The monoisotopic (exact) mass is 303 g/mol. The number of amides is 1. The van der Waals surface area contributed by atoms with Crippen molar-refractivity contribution in [2.45, 2.75) is 17.9 Å². The minimum absolute atomic E-state index is 0.0354. The molecule has 0 saturated carbocycles. The van der Waals surface area contributed by atoms with Crippen LogP contribution in [0.2, 0.25) is 5.02 Å². The summed E-state index contributed by atoms with van der Waals surface area (Å²) in [6.45, 7) is 2.08. The van der Waals surface area contributed by atoms with E-state index in [-0.39, 0.29) is 22.4 Å². The van der Waals surface area contributed by atoms with Crippen molar-refractivity contribution in [3.05, 3.63) is 23.2 Å². The van der Waals surface area contributed by atoms with Gasteiger partial charge in [0.15, 0.2) is 0 Å². The van der Waals surface area contributed by atoms with Crippen molar-refractivity contribution in [2.75, 3.05) is 18.8 Å². The first-order valence-electron chi connectivity index (χ1n) is 5.68. The molecular formula is C11H14ClN3O3S. The Balaban J connectivity index is 2.41. The lowest BCUT2D eigenvalue weighted by molar-refractivity contribution is -0.126. The minimum atomic E-state index is -3.75. The van der Waals surface area contributed by atoms with Gasteiger partial charge < -0.3 is 11.1 Å². The van der Waals surface area contributed by atoms with Crippen LogP contribution in [0.15, 0.2) is 23.1 Å². The Hall–Kier alpha value is -1.31. The lowest BCUT2D eigenvalue weighted by Gasteiger charge is -2.31. The number of nitrogen functional groups attached to an aromatic ring is 1. The van der Waals surface area contributed by atoms with Crippen LogP contribution in [0.3, 0.4) is 0 Å². The number of carbonyl (C=O) groups excluding carboxylic acids is 1. The van der Waals surface area contributed by atoms with E-state index in [1.165, 1.54) is 18.2 Å². The number of sulfonamides is 1. The Bertz CT molecular complexity index is 618. The Morgan fingerprint density at radius 1 is 1.47 bits per heavy atom. The van der Waals surface area contributed by atoms with Crippen LogP contribution < -0.4 is 11.1 Å². The molecule has 1 fully saturated rings.